The first kappa shape index (κ1) is 11.8. The molecule has 0 fully saturated rings. The minimum Gasteiger partial charge on any atom is -0.374 e. The number of rotatable bonds is 2. The first-order valence-corrected chi connectivity index (χ1v) is 6.40. The predicted molar refractivity (Wildman–Crippen MR) is 74.9 cm³/mol. The van der Waals surface area contributed by atoms with Gasteiger partial charge < -0.3 is 4.90 Å². The lowest BCUT2D eigenvalue weighted by atomic mass is 9.95. The summed E-state index contributed by atoms with van der Waals surface area (Å²) >= 11 is 0. The number of nitriles is 1. The van der Waals surface area contributed by atoms with E-state index in [1.54, 1.807) is 4.68 Å². The summed E-state index contributed by atoms with van der Waals surface area (Å²) in [7, 11) is 4.00. The second kappa shape index (κ2) is 4.43. The highest BCUT2D eigenvalue weighted by molar-refractivity contribution is 5.70. The van der Waals surface area contributed by atoms with Crippen LogP contribution in [0.3, 0.4) is 0 Å². The van der Waals surface area contributed by atoms with Gasteiger partial charge in [0.25, 0.3) is 0 Å². The lowest BCUT2D eigenvalue weighted by Gasteiger charge is -2.11. The fraction of sp³-hybridized carbons (Fsp3) is 0.333. The van der Waals surface area contributed by atoms with Crippen molar-refractivity contribution in [2.75, 3.05) is 18.5 Å². The van der Waals surface area contributed by atoms with Crippen LogP contribution in [0.15, 0.2) is 30.6 Å². The molecule has 19 heavy (non-hydrogen) atoms. The molecule has 0 amide bonds. The third-order valence-corrected chi connectivity index (χ3v) is 3.75. The van der Waals surface area contributed by atoms with E-state index in [1.165, 1.54) is 16.8 Å². The van der Waals surface area contributed by atoms with Gasteiger partial charge in [-0.1, -0.05) is 6.07 Å². The fourth-order valence-electron chi connectivity index (χ4n) is 2.79. The Balaban J connectivity index is 2.03. The van der Waals surface area contributed by atoms with E-state index in [2.05, 4.69) is 41.3 Å². The molecule has 2 aromatic rings. The molecule has 2 heterocycles. The predicted octanol–water partition coefficient (Wildman–Crippen LogP) is 2.53. The number of benzene rings is 1. The van der Waals surface area contributed by atoms with Crippen LogP contribution in [-0.4, -0.2) is 23.4 Å². The van der Waals surface area contributed by atoms with Crippen LogP contribution in [-0.2, 0) is 7.05 Å². The Kier molecular flexibility index (Phi) is 2.75. The molecule has 3 rings (SSSR count). The van der Waals surface area contributed by atoms with E-state index in [0.29, 0.717) is 12.3 Å². The Morgan fingerprint density at radius 1 is 1.37 bits per heavy atom. The van der Waals surface area contributed by atoms with Crippen molar-refractivity contribution in [3.63, 3.8) is 0 Å². The summed E-state index contributed by atoms with van der Waals surface area (Å²) < 4.78 is 1.81. The van der Waals surface area contributed by atoms with E-state index >= 15 is 0 Å². The van der Waals surface area contributed by atoms with Gasteiger partial charge in [0.05, 0.1) is 12.3 Å². The highest BCUT2D eigenvalue weighted by Gasteiger charge is 2.26. The van der Waals surface area contributed by atoms with Gasteiger partial charge in [-0.25, -0.2) is 0 Å². The average Bonchev–Trinajstić information content (AvgIpc) is 2.95. The third kappa shape index (κ3) is 1.97. The normalized spacial score (nSPS) is 17.3. The van der Waals surface area contributed by atoms with E-state index in [4.69, 9.17) is 5.26 Å². The van der Waals surface area contributed by atoms with E-state index < -0.39 is 0 Å². The maximum atomic E-state index is 8.95. The van der Waals surface area contributed by atoms with Crippen molar-refractivity contribution in [3.05, 3.63) is 36.2 Å². The van der Waals surface area contributed by atoms with Crippen molar-refractivity contribution in [1.82, 2.24) is 9.78 Å². The Bertz CT molecular complexity index is 650. The molecule has 4 nitrogen and oxygen atoms in total. The summed E-state index contributed by atoms with van der Waals surface area (Å²) in [6.45, 7) is 0.930. The van der Waals surface area contributed by atoms with Gasteiger partial charge in [0.2, 0.25) is 0 Å². The molecule has 4 heteroatoms. The molecular weight excluding hydrogens is 236 g/mol. The van der Waals surface area contributed by atoms with Crippen molar-refractivity contribution in [3.8, 4) is 17.2 Å². The molecule has 1 aromatic heterocycles. The van der Waals surface area contributed by atoms with Crippen molar-refractivity contribution in [1.29, 1.82) is 5.26 Å². The van der Waals surface area contributed by atoms with Gasteiger partial charge in [-0.2, -0.15) is 10.4 Å². The second-order valence-electron chi connectivity index (χ2n) is 5.12. The molecule has 0 unspecified atom stereocenters. The van der Waals surface area contributed by atoms with Crippen molar-refractivity contribution >= 4 is 5.69 Å². The topological polar surface area (TPSA) is 44.9 Å². The Labute approximate surface area is 112 Å². The molecule has 0 saturated heterocycles. The minimum absolute atomic E-state index is 0.321. The molecule has 0 radical (unpaired) electrons. The maximum Gasteiger partial charge on any atom is 0.0628 e. The van der Waals surface area contributed by atoms with Gasteiger partial charge in [-0.15, -0.1) is 0 Å². The van der Waals surface area contributed by atoms with Gasteiger partial charge in [0.15, 0.2) is 0 Å². The summed E-state index contributed by atoms with van der Waals surface area (Å²) in [5.74, 6) is 0.321. The molecule has 0 spiro atoms. The third-order valence-electron chi connectivity index (χ3n) is 3.75. The molecule has 0 aliphatic carbocycles. The van der Waals surface area contributed by atoms with Crippen LogP contribution in [0.1, 0.15) is 17.9 Å². The summed E-state index contributed by atoms with van der Waals surface area (Å²) in [6.07, 6.45) is 4.47. The number of nitrogens with zero attached hydrogens (tertiary/aromatic N) is 4. The van der Waals surface area contributed by atoms with Gasteiger partial charge >= 0.3 is 0 Å². The summed E-state index contributed by atoms with van der Waals surface area (Å²) in [4.78, 5) is 2.23. The van der Waals surface area contributed by atoms with Crippen LogP contribution in [0.2, 0.25) is 0 Å². The quantitative estimate of drug-likeness (QED) is 0.825. The zero-order chi connectivity index (χ0) is 13.4. The largest absolute Gasteiger partial charge is 0.374 e. The number of likely N-dealkylation sites (N-methyl/N-ethyl adjacent to an activating group) is 1. The number of aromatic nitrogens is 2. The number of aryl methyl sites for hydroxylation is 1. The molecule has 0 bridgehead atoms. The number of hydrogen-bond acceptors (Lipinski definition) is 3. The highest BCUT2D eigenvalue weighted by Crippen LogP contribution is 2.39. The first-order chi connectivity index (χ1) is 9.19. The minimum atomic E-state index is 0.321. The summed E-state index contributed by atoms with van der Waals surface area (Å²) in [6, 6.07) is 8.77. The van der Waals surface area contributed by atoms with Gasteiger partial charge in [-0.05, 0) is 23.3 Å². The van der Waals surface area contributed by atoms with Crippen LogP contribution in [0.25, 0.3) is 11.1 Å². The van der Waals surface area contributed by atoms with E-state index in [0.717, 1.165) is 12.1 Å². The SMILES string of the molecule is CN1C[C@H](CC#N)c2cc(-c3cnn(C)c3)ccc21. The molecule has 1 aliphatic rings. The van der Waals surface area contributed by atoms with Crippen molar-refractivity contribution in [2.24, 2.45) is 7.05 Å². The van der Waals surface area contributed by atoms with Crippen LogP contribution < -0.4 is 4.90 Å². The van der Waals surface area contributed by atoms with Crippen LogP contribution in [0.5, 0.6) is 0 Å². The number of anilines is 1. The van der Waals surface area contributed by atoms with Crippen molar-refractivity contribution in [2.45, 2.75) is 12.3 Å². The molecule has 0 saturated carbocycles. The van der Waals surface area contributed by atoms with E-state index in [9.17, 15) is 0 Å². The molecule has 1 atom stereocenters. The summed E-state index contributed by atoms with van der Waals surface area (Å²) in [5, 5.41) is 13.2. The smallest absolute Gasteiger partial charge is 0.0628 e. The van der Waals surface area contributed by atoms with Crippen LogP contribution in [0.4, 0.5) is 5.69 Å². The zero-order valence-corrected chi connectivity index (χ0v) is 11.2. The monoisotopic (exact) mass is 252 g/mol. The van der Waals surface area contributed by atoms with Gasteiger partial charge in [0.1, 0.15) is 0 Å². The molecule has 1 aromatic carbocycles. The highest BCUT2D eigenvalue weighted by atomic mass is 15.2. The standard InChI is InChI=1S/C15H16N4/c1-18-9-12(5-6-16)14-7-11(3-4-15(14)18)13-8-17-19(2)10-13/h3-4,7-8,10,12H,5,9H2,1-2H3/t12-/m0/s1. The number of hydrogen-bond donors (Lipinski definition) is 0. The van der Waals surface area contributed by atoms with Crippen LogP contribution in [0, 0.1) is 11.3 Å². The van der Waals surface area contributed by atoms with Gasteiger partial charge in [0, 0.05) is 50.4 Å². The van der Waals surface area contributed by atoms with E-state index in [-0.39, 0.29) is 0 Å². The molecular formula is C15H16N4. The molecule has 96 valence electrons. The Morgan fingerprint density at radius 3 is 2.89 bits per heavy atom. The second-order valence-corrected chi connectivity index (χ2v) is 5.12. The van der Waals surface area contributed by atoms with Crippen molar-refractivity contribution < 1.29 is 0 Å². The first-order valence-electron chi connectivity index (χ1n) is 6.40. The Morgan fingerprint density at radius 2 is 2.21 bits per heavy atom. The number of fused-ring (bicyclic) bond motifs is 1. The van der Waals surface area contributed by atoms with Gasteiger partial charge in [-0.3, -0.25) is 4.68 Å². The zero-order valence-electron chi connectivity index (χ0n) is 11.2. The lowest BCUT2D eigenvalue weighted by Crippen LogP contribution is -2.14. The van der Waals surface area contributed by atoms with E-state index in [1.807, 2.05) is 19.4 Å². The lowest BCUT2D eigenvalue weighted by molar-refractivity contribution is 0.740. The van der Waals surface area contributed by atoms with Crippen LogP contribution >= 0.6 is 0 Å². The fourth-order valence-corrected chi connectivity index (χ4v) is 2.79. The Hall–Kier alpha value is -2.28. The molecule has 1 aliphatic heterocycles. The maximum absolute atomic E-state index is 8.95. The average molecular weight is 252 g/mol. The molecule has 0 N–H and O–H groups in total. The summed E-state index contributed by atoms with van der Waals surface area (Å²) in [5.41, 5.74) is 4.82.